The minimum atomic E-state index is -0.933. The molecule has 2 aliphatic heterocycles. The van der Waals surface area contributed by atoms with Crippen molar-refractivity contribution in [2.24, 2.45) is 5.92 Å². The third-order valence-electron chi connectivity index (χ3n) is 9.44. The third kappa shape index (κ3) is 3.52. The van der Waals surface area contributed by atoms with E-state index in [1.54, 1.807) is 0 Å². The lowest BCUT2D eigenvalue weighted by atomic mass is 9.48. The lowest BCUT2D eigenvalue weighted by Gasteiger charge is -2.70. The number of aromatic amines is 1. The molecule has 2 aromatic carbocycles. The first-order valence-corrected chi connectivity index (χ1v) is 13.7. The number of benzene rings is 2. The third-order valence-corrected chi connectivity index (χ3v) is 9.44. The number of rotatable bonds is 7. The quantitative estimate of drug-likeness (QED) is 0.436. The molecule has 0 amide bonds. The van der Waals surface area contributed by atoms with Gasteiger partial charge < -0.3 is 10.3 Å². The Balaban J connectivity index is 1.18. The SMILES string of the molecule is C[C@@H]1Cc2c([nH]c3ccccc23)[C@@H](c2ccc(N[C@@H]3CN(CCCF)C[C@H]3F)cc2)N1C12CC(C1)C2. The fourth-order valence-electron chi connectivity index (χ4n) is 7.70. The first kappa shape index (κ1) is 22.7. The largest absolute Gasteiger partial charge is 0.378 e. The summed E-state index contributed by atoms with van der Waals surface area (Å²) in [6, 6.07) is 17.9. The molecular formula is C30H36F2N4. The maximum Gasteiger partial charge on any atom is 0.134 e. The standard InChI is InChI=1S/C30H36F2N4/c1-19-13-24-23-5-2-3-6-26(23)34-28(24)29(36(19)30-14-20(15-30)16-30)21-7-9-22(10-8-21)33-27-18-35(12-4-11-31)17-25(27)32/h2-3,5-10,19-20,25,27,29,33-34H,4,11-18H2,1H3/t19-,20?,25-,27-,29-,30?/m1/s1. The van der Waals surface area contributed by atoms with Gasteiger partial charge in [-0.25, -0.2) is 4.39 Å². The van der Waals surface area contributed by atoms with E-state index in [0.29, 0.717) is 37.6 Å². The minimum absolute atomic E-state index is 0.211. The molecule has 1 saturated heterocycles. The Bertz CT molecular complexity index is 1240. The molecule has 3 aliphatic carbocycles. The van der Waals surface area contributed by atoms with E-state index in [2.05, 4.69) is 70.7 Å². The molecule has 4 nitrogen and oxygen atoms in total. The van der Waals surface area contributed by atoms with Crippen molar-refractivity contribution in [2.45, 2.75) is 68.9 Å². The number of nitrogens with zero attached hydrogens (tertiary/aromatic N) is 2. The normalized spacial score (nSPS) is 33.8. The Morgan fingerprint density at radius 1 is 1.06 bits per heavy atom. The lowest BCUT2D eigenvalue weighted by Crippen LogP contribution is -2.71. The van der Waals surface area contributed by atoms with Gasteiger partial charge in [-0.1, -0.05) is 30.3 Å². The fraction of sp³-hybridized carbons (Fsp3) is 0.533. The van der Waals surface area contributed by atoms with E-state index in [-0.39, 0.29) is 18.8 Å². The van der Waals surface area contributed by atoms with Crippen molar-refractivity contribution >= 4 is 16.6 Å². The molecule has 4 fully saturated rings. The summed E-state index contributed by atoms with van der Waals surface area (Å²) in [5.74, 6) is 0.929. The van der Waals surface area contributed by atoms with Crippen LogP contribution in [-0.2, 0) is 6.42 Å². The second-order valence-electron chi connectivity index (χ2n) is 11.8. The van der Waals surface area contributed by atoms with E-state index >= 15 is 0 Å². The van der Waals surface area contributed by atoms with Gasteiger partial charge in [0, 0.05) is 53.5 Å². The molecule has 2 N–H and O–H groups in total. The van der Waals surface area contributed by atoms with Crippen molar-refractivity contribution in [1.29, 1.82) is 0 Å². The first-order chi connectivity index (χ1) is 17.5. The van der Waals surface area contributed by atoms with Crippen LogP contribution in [0.3, 0.4) is 0 Å². The molecule has 6 heteroatoms. The summed E-state index contributed by atoms with van der Waals surface area (Å²) < 4.78 is 27.2. The van der Waals surface area contributed by atoms with Crippen LogP contribution in [0.15, 0.2) is 48.5 Å². The predicted molar refractivity (Wildman–Crippen MR) is 141 cm³/mol. The molecule has 3 heterocycles. The summed E-state index contributed by atoms with van der Waals surface area (Å²) in [4.78, 5) is 8.66. The van der Waals surface area contributed by atoms with Crippen LogP contribution in [0.5, 0.6) is 0 Å². The summed E-state index contributed by atoms with van der Waals surface area (Å²) in [5.41, 5.74) is 6.66. The second kappa shape index (κ2) is 8.56. The Labute approximate surface area is 212 Å². The zero-order valence-electron chi connectivity index (χ0n) is 21.0. The second-order valence-corrected chi connectivity index (χ2v) is 11.8. The Hall–Kier alpha value is -2.44. The predicted octanol–water partition coefficient (Wildman–Crippen LogP) is 5.85. The van der Waals surface area contributed by atoms with E-state index in [1.807, 2.05) is 4.90 Å². The van der Waals surface area contributed by atoms with Crippen molar-refractivity contribution in [2.75, 3.05) is 31.6 Å². The summed E-state index contributed by atoms with van der Waals surface area (Å²) >= 11 is 0. The van der Waals surface area contributed by atoms with E-state index in [0.717, 1.165) is 18.0 Å². The van der Waals surface area contributed by atoms with Crippen molar-refractivity contribution in [3.8, 4) is 0 Å². The van der Waals surface area contributed by atoms with Crippen molar-refractivity contribution in [3.05, 3.63) is 65.4 Å². The van der Waals surface area contributed by atoms with Gasteiger partial charge in [-0.15, -0.1) is 0 Å². The molecule has 36 heavy (non-hydrogen) atoms. The monoisotopic (exact) mass is 490 g/mol. The van der Waals surface area contributed by atoms with Crippen LogP contribution in [0.2, 0.25) is 0 Å². The highest BCUT2D eigenvalue weighted by atomic mass is 19.1. The first-order valence-electron chi connectivity index (χ1n) is 13.7. The molecule has 190 valence electrons. The Kier molecular flexibility index (Phi) is 5.40. The zero-order chi connectivity index (χ0) is 24.4. The summed E-state index contributed by atoms with van der Waals surface area (Å²) in [6.45, 7) is 3.70. The van der Waals surface area contributed by atoms with Gasteiger partial charge in [0.1, 0.15) is 6.17 Å². The molecule has 5 aliphatic rings. The summed E-state index contributed by atoms with van der Waals surface area (Å²) in [6.07, 6.45) is 4.63. The fourth-order valence-corrected chi connectivity index (χ4v) is 7.70. The average molecular weight is 491 g/mol. The van der Waals surface area contributed by atoms with Gasteiger partial charge >= 0.3 is 0 Å². The van der Waals surface area contributed by atoms with Crippen molar-refractivity contribution in [3.63, 3.8) is 0 Å². The Morgan fingerprint density at radius 3 is 2.56 bits per heavy atom. The summed E-state index contributed by atoms with van der Waals surface area (Å²) in [7, 11) is 0. The van der Waals surface area contributed by atoms with Crippen molar-refractivity contribution in [1.82, 2.24) is 14.8 Å². The summed E-state index contributed by atoms with van der Waals surface area (Å²) in [5, 5.41) is 4.77. The number of likely N-dealkylation sites (tertiary alicyclic amines) is 1. The van der Waals surface area contributed by atoms with Gasteiger partial charge in [0.05, 0.1) is 18.8 Å². The lowest BCUT2D eigenvalue weighted by molar-refractivity contribution is -0.174. The number of nitrogens with one attached hydrogen (secondary N) is 2. The molecular weight excluding hydrogens is 454 g/mol. The van der Waals surface area contributed by atoms with Crippen LogP contribution in [0.1, 0.15) is 55.5 Å². The molecule has 0 spiro atoms. The average Bonchev–Trinajstić information content (AvgIpc) is 3.36. The van der Waals surface area contributed by atoms with E-state index < -0.39 is 6.17 Å². The molecule has 1 aromatic heterocycles. The highest BCUT2D eigenvalue weighted by Crippen LogP contribution is 2.64. The molecule has 8 rings (SSSR count). The van der Waals surface area contributed by atoms with Gasteiger partial charge in [-0.2, -0.15) is 0 Å². The number of aromatic nitrogens is 1. The number of H-pyrrole nitrogens is 1. The number of alkyl halides is 2. The van der Waals surface area contributed by atoms with E-state index in [9.17, 15) is 8.78 Å². The number of anilines is 1. The van der Waals surface area contributed by atoms with Crippen LogP contribution < -0.4 is 5.32 Å². The van der Waals surface area contributed by atoms with E-state index in [1.165, 1.54) is 47.0 Å². The van der Waals surface area contributed by atoms with Crippen molar-refractivity contribution < 1.29 is 8.78 Å². The topological polar surface area (TPSA) is 34.3 Å². The number of halogens is 2. The van der Waals surface area contributed by atoms with Gasteiger partial charge in [-0.3, -0.25) is 14.2 Å². The van der Waals surface area contributed by atoms with Crippen LogP contribution in [0.25, 0.3) is 10.9 Å². The van der Waals surface area contributed by atoms with Gasteiger partial charge in [0.2, 0.25) is 0 Å². The minimum Gasteiger partial charge on any atom is -0.378 e. The Morgan fingerprint density at radius 2 is 1.83 bits per heavy atom. The van der Waals surface area contributed by atoms with Crippen LogP contribution >= 0.6 is 0 Å². The van der Waals surface area contributed by atoms with Gasteiger partial charge in [0.15, 0.2) is 0 Å². The molecule has 2 bridgehead atoms. The maximum atomic E-state index is 14.7. The maximum absolute atomic E-state index is 14.7. The van der Waals surface area contributed by atoms with Crippen LogP contribution in [0, 0.1) is 5.92 Å². The highest BCUT2D eigenvalue weighted by Gasteiger charge is 2.63. The van der Waals surface area contributed by atoms with Crippen LogP contribution in [0.4, 0.5) is 14.5 Å². The number of fused-ring (bicyclic) bond motifs is 3. The smallest absolute Gasteiger partial charge is 0.134 e. The van der Waals surface area contributed by atoms with Crippen LogP contribution in [-0.4, -0.2) is 64.9 Å². The molecule has 4 atom stereocenters. The van der Waals surface area contributed by atoms with Gasteiger partial charge in [0.25, 0.3) is 0 Å². The number of hydrogen-bond donors (Lipinski definition) is 2. The molecule has 0 radical (unpaired) electrons. The van der Waals surface area contributed by atoms with Gasteiger partial charge in [-0.05, 0) is 74.3 Å². The highest BCUT2D eigenvalue weighted by molar-refractivity contribution is 5.85. The molecule has 0 unspecified atom stereocenters. The molecule has 3 saturated carbocycles. The number of hydrogen-bond acceptors (Lipinski definition) is 3. The molecule has 3 aromatic rings. The number of para-hydroxylation sites is 1. The van der Waals surface area contributed by atoms with E-state index in [4.69, 9.17) is 0 Å². The zero-order valence-corrected chi connectivity index (χ0v) is 21.0.